The zero-order valence-electron chi connectivity index (χ0n) is 19.1. The van der Waals surface area contributed by atoms with Crippen LogP contribution >= 0.6 is 0 Å². The summed E-state index contributed by atoms with van der Waals surface area (Å²) < 4.78 is 5.12. The number of anilines is 5. The molecule has 0 bridgehead atoms. The van der Waals surface area contributed by atoms with Crippen LogP contribution in [0.5, 0.6) is 0 Å². The van der Waals surface area contributed by atoms with Gasteiger partial charge in [0, 0.05) is 28.7 Å². The van der Waals surface area contributed by atoms with Crippen LogP contribution in [0.25, 0.3) is 0 Å². The second kappa shape index (κ2) is 9.52. The van der Waals surface area contributed by atoms with Crippen LogP contribution in [0.1, 0.15) is 28.4 Å². The van der Waals surface area contributed by atoms with Crippen LogP contribution in [-0.2, 0) is 11.2 Å². The summed E-state index contributed by atoms with van der Waals surface area (Å²) >= 11 is 0. The number of nitrogens with zero attached hydrogens (tertiary/aromatic N) is 3. The standard InChI is InChI=1S/C25H26N6O2/c1-15-5-7-19(8-6-15)28-23-14-24(27-18(4)26-23)29-20-9-11-21(12-10-20)30-25(32)13-22-16(2)31-33-17(22)3/h5-12,14H,13H2,1-4H3,(H,30,32)(H2,26,27,28,29). The van der Waals surface area contributed by atoms with Crippen LogP contribution < -0.4 is 16.0 Å². The van der Waals surface area contributed by atoms with Crippen LogP contribution in [0.15, 0.2) is 59.1 Å². The van der Waals surface area contributed by atoms with Crippen LogP contribution in [0.2, 0.25) is 0 Å². The highest BCUT2D eigenvalue weighted by molar-refractivity contribution is 5.92. The quantitative estimate of drug-likeness (QED) is 0.353. The van der Waals surface area contributed by atoms with Crippen molar-refractivity contribution in [1.29, 1.82) is 0 Å². The van der Waals surface area contributed by atoms with Crippen molar-refractivity contribution in [3.05, 3.63) is 83.0 Å². The highest BCUT2D eigenvalue weighted by atomic mass is 16.5. The number of aromatic nitrogens is 3. The lowest BCUT2D eigenvalue weighted by molar-refractivity contribution is -0.115. The summed E-state index contributed by atoms with van der Waals surface area (Å²) in [7, 11) is 0. The molecule has 2 heterocycles. The largest absolute Gasteiger partial charge is 0.361 e. The maximum absolute atomic E-state index is 12.4. The lowest BCUT2D eigenvalue weighted by atomic mass is 10.1. The van der Waals surface area contributed by atoms with Crippen LogP contribution in [0.4, 0.5) is 28.7 Å². The summed E-state index contributed by atoms with van der Waals surface area (Å²) in [4.78, 5) is 21.3. The summed E-state index contributed by atoms with van der Waals surface area (Å²) in [6.45, 7) is 7.54. The molecule has 0 aliphatic rings. The number of aryl methyl sites for hydroxylation is 4. The molecule has 2 aromatic carbocycles. The summed E-state index contributed by atoms with van der Waals surface area (Å²) in [6, 6.07) is 17.4. The van der Waals surface area contributed by atoms with Crippen molar-refractivity contribution in [2.75, 3.05) is 16.0 Å². The first-order valence-electron chi connectivity index (χ1n) is 10.6. The second-order valence-corrected chi connectivity index (χ2v) is 7.91. The van der Waals surface area contributed by atoms with E-state index in [2.05, 4.69) is 38.0 Å². The molecule has 0 radical (unpaired) electrons. The Labute approximate surface area is 192 Å². The number of rotatable bonds is 7. The lowest BCUT2D eigenvalue weighted by Crippen LogP contribution is -2.15. The molecule has 2 aromatic heterocycles. The molecule has 0 aliphatic heterocycles. The molecule has 3 N–H and O–H groups in total. The molecule has 0 spiro atoms. The normalized spacial score (nSPS) is 10.7. The van der Waals surface area contributed by atoms with E-state index in [1.54, 1.807) is 6.92 Å². The molecular weight excluding hydrogens is 416 g/mol. The molecule has 8 heteroatoms. The average molecular weight is 443 g/mol. The van der Waals surface area contributed by atoms with Crippen LogP contribution in [0.3, 0.4) is 0 Å². The SMILES string of the molecule is Cc1ccc(Nc2cc(Nc3ccc(NC(=O)Cc4c(C)noc4C)cc3)nc(C)n2)cc1. The maximum atomic E-state index is 12.4. The topological polar surface area (TPSA) is 105 Å². The van der Waals surface area contributed by atoms with Gasteiger partial charge in [0.15, 0.2) is 0 Å². The molecule has 0 saturated carbocycles. The van der Waals surface area contributed by atoms with Crippen molar-refractivity contribution >= 4 is 34.6 Å². The summed E-state index contributed by atoms with van der Waals surface area (Å²) in [6.07, 6.45) is 0.220. The Morgan fingerprint density at radius 3 is 1.91 bits per heavy atom. The number of amides is 1. The molecule has 33 heavy (non-hydrogen) atoms. The van der Waals surface area contributed by atoms with Gasteiger partial charge in [-0.2, -0.15) is 0 Å². The first-order valence-corrected chi connectivity index (χ1v) is 10.6. The van der Waals surface area contributed by atoms with E-state index in [0.29, 0.717) is 28.9 Å². The summed E-state index contributed by atoms with van der Waals surface area (Å²) in [5.74, 6) is 2.57. The van der Waals surface area contributed by atoms with E-state index in [1.165, 1.54) is 5.56 Å². The number of nitrogens with one attached hydrogen (secondary N) is 3. The summed E-state index contributed by atoms with van der Waals surface area (Å²) in [5.41, 5.74) is 5.26. The maximum Gasteiger partial charge on any atom is 0.228 e. The second-order valence-electron chi connectivity index (χ2n) is 7.91. The first kappa shape index (κ1) is 22.0. The van der Waals surface area contributed by atoms with Crippen LogP contribution in [-0.4, -0.2) is 21.0 Å². The molecular formula is C25H26N6O2. The van der Waals surface area contributed by atoms with Gasteiger partial charge in [-0.05, 0) is 64.1 Å². The minimum absolute atomic E-state index is 0.122. The predicted molar refractivity (Wildman–Crippen MR) is 129 cm³/mol. The summed E-state index contributed by atoms with van der Waals surface area (Å²) in [5, 5.41) is 13.4. The molecule has 1 amide bonds. The van der Waals surface area contributed by atoms with Crippen molar-refractivity contribution in [3.8, 4) is 0 Å². The molecule has 8 nitrogen and oxygen atoms in total. The molecule has 0 aliphatic carbocycles. The third kappa shape index (κ3) is 5.74. The van der Waals surface area contributed by atoms with Gasteiger partial charge in [0.2, 0.25) is 5.91 Å². The van der Waals surface area contributed by atoms with Crippen molar-refractivity contribution < 1.29 is 9.32 Å². The van der Waals surface area contributed by atoms with Crippen molar-refractivity contribution in [2.45, 2.75) is 34.1 Å². The van der Waals surface area contributed by atoms with Gasteiger partial charge in [-0.15, -0.1) is 0 Å². The Hall–Kier alpha value is -4.20. The molecule has 4 rings (SSSR count). The van der Waals surface area contributed by atoms with E-state index in [9.17, 15) is 4.79 Å². The van der Waals surface area contributed by atoms with E-state index < -0.39 is 0 Å². The van der Waals surface area contributed by atoms with Gasteiger partial charge in [0.05, 0.1) is 12.1 Å². The van der Waals surface area contributed by atoms with Crippen molar-refractivity contribution in [1.82, 2.24) is 15.1 Å². The fourth-order valence-electron chi connectivity index (χ4n) is 3.39. The van der Waals surface area contributed by atoms with Crippen molar-refractivity contribution in [3.63, 3.8) is 0 Å². The Kier molecular flexibility index (Phi) is 6.35. The van der Waals surface area contributed by atoms with Gasteiger partial charge in [0.25, 0.3) is 0 Å². The fraction of sp³-hybridized carbons (Fsp3) is 0.200. The Morgan fingerprint density at radius 1 is 0.818 bits per heavy atom. The molecule has 168 valence electrons. The van der Waals surface area contributed by atoms with Gasteiger partial charge >= 0.3 is 0 Å². The van der Waals surface area contributed by atoms with Gasteiger partial charge < -0.3 is 20.5 Å². The third-order valence-corrected chi connectivity index (χ3v) is 5.12. The zero-order chi connectivity index (χ0) is 23.4. The minimum atomic E-state index is -0.122. The van der Waals surface area contributed by atoms with E-state index in [-0.39, 0.29) is 12.3 Å². The minimum Gasteiger partial charge on any atom is -0.361 e. The number of carbonyl (C=O) groups is 1. The average Bonchev–Trinajstić information content (AvgIpc) is 3.08. The molecule has 4 aromatic rings. The smallest absolute Gasteiger partial charge is 0.228 e. The zero-order valence-corrected chi connectivity index (χ0v) is 19.1. The number of carbonyl (C=O) groups excluding carboxylic acids is 1. The highest BCUT2D eigenvalue weighted by Gasteiger charge is 2.13. The van der Waals surface area contributed by atoms with Gasteiger partial charge in [-0.25, -0.2) is 9.97 Å². The fourth-order valence-corrected chi connectivity index (χ4v) is 3.39. The Morgan fingerprint density at radius 2 is 1.36 bits per heavy atom. The Balaban J connectivity index is 1.39. The van der Waals surface area contributed by atoms with Crippen LogP contribution in [0, 0.1) is 27.7 Å². The Bertz CT molecular complexity index is 1240. The molecule has 0 saturated heterocycles. The van der Waals surface area contributed by atoms with Gasteiger partial charge in [0.1, 0.15) is 23.2 Å². The predicted octanol–water partition coefficient (Wildman–Crippen LogP) is 5.37. The molecule has 0 unspecified atom stereocenters. The van der Waals surface area contributed by atoms with E-state index in [0.717, 1.165) is 22.6 Å². The molecule has 0 atom stereocenters. The van der Waals surface area contributed by atoms with E-state index >= 15 is 0 Å². The van der Waals surface area contributed by atoms with Gasteiger partial charge in [-0.1, -0.05) is 22.9 Å². The number of benzene rings is 2. The lowest BCUT2D eigenvalue weighted by Gasteiger charge is -2.11. The third-order valence-electron chi connectivity index (χ3n) is 5.12. The first-order chi connectivity index (χ1) is 15.9. The highest BCUT2D eigenvalue weighted by Crippen LogP contribution is 2.22. The number of hydrogen-bond acceptors (Lipinski definition) is 7. The number of hydrogen-bond donors (Lipinski definition) is 3. The van der Waals surface area contributed by atoms with Gasteiger partial charge in [-0.3, -0.25) is 4.79 Å². The van der Waals surface area contributed by atoms with Crippen molar-refractivity contribution in [2.24, 2.45) is 0 Å². The monoisotopic (exact) mass is 442 g/mol. The van der Waals surface area contributed by atoms with E-state index in [1.807, 2.05) is 68.4 Å². The molecule has 0 fully saturated rings. The van der Waals surface area contributed by atoms with E-state index in [4.69, 9.17) is 4.52 Å².